The van der Waals surface area contributed by atoms with Gasteiger partial charge in [0.15, 0.2) is 0 Å². The van der Waals surface area contributed by atoms with Crippen molar-refractivity contribution in [3.63, 3.8) is 0 Å². The van der Waals surface area contributed by atoms with Gasteiger partial charge in [-0.25, -0.2) is 18.4 Å². The Morgan fingerprint density at radius 1 is 1.43 bits per heavy atom. The summed E-state index contributed by atoms with van der Waals surface area (Å²) in [5.74, 6) is -1.86. The van der Waals surface area contributed by atoms with Crippen LogP contribution in [0.5, 0.6) is 0 Å². The molecule has 0 spiro atoms. The molecule has 23 heavy (non-hydrogen) atoms. The molecule has 1 aromatic carbocycles. The summed E-state index contributed by atoms with van der Waals surface area (Å²) >= 11 is 0. The molecule has 0 radical (unpaired) electrons. The molecular formula is C13H15F2N3O4S. The summed E-state index contributed by atoms with van der Waals surface area (Å²) in [4.78, 5) is 3.70. The van der Waals surface area contributed by atoms with Gasteiger partial charge in [0.1, 0.15) is 36.0 Å². The molecular weight excluding hydrogens is 332 g/mol. The Bertz CT molecular complexity index is 783. The van der Waals surface area contributed by atoms with E-state index in [9.17, 15) is 22.3 Å². The highest BCUT2D eigenvalue weighted by Crippen LogP contribution is 2.32. The van der Waals surface area contributed by atoms with Crippen LogP contribution in [-0.2, 0) is 26.4 Å². The van der Waals surface area contributed by atoms with Crippen molar-refractivity contribution in [2.45, 2.75) is 25.2 Å². The van der Waals surface area contributed by atoms with Gasteiger partial charge in [0.25, 0.3) is 10.1 Å². The monoisotopic (exact) mass is 347 g/mol. The molecule has 0 aliphatic heterocycles. The second kappa shape index (κ2) is 6.30. The molecule has 2 aromatic rings. The van der Waals surface area contributed by atoms with Crippen LogP contribution in [0.15, 0.2) is 30.9 Å². The van der Waals surface area contributed by atoms with Crippen molar-refractivity contribution in [1.82, 2.24) is 14.8 Å². The van der Waals surface area contributed by atoms with Gasteiger partial charge in [0.2, 0.25) is 0 Å². The number of halogens is 2. The average molecular weight is 347 g/mol. The minimum absolute atomic E-state index is 0.314. The zero-order chi connectivity index (χ0) is 17.3. The number of aromatic nitrogens is 3. The molecule has 0 saturated heterocycles. The molecule has 0 aliphatic rings. The fourth-order valence-electron chi connectivity index (χ4n) is 2.18. The van der Waals surface area contributed by atoms with E-state index in [0.29, 0.717) is 6.07 Å². The zero-order valence-corrected chi connectivity index (χ0v) is 13.2. The lowest BCUT2D eigenvalue weighted by Crippen LogP contribution is -2.45. The van der Waals surface area contributed by atoms with Crippen LogP contribution in [-0.4, -0.2) is 40.6 Å². The molecule has 0 fully saturated rings. The van der Waals surface area contributed by atoms with Gasteiger partial charge in [-0.05, 0) is 13.0 Å². The highest BCUT2D eigenvalue weighted by molar-refractivity contribution is 7.86. The maximum absolute atomic E-state index is 14.1. The third kappa shape index (κ3) is 4.09. The van der Waals surface area contributed by atoms with E-state index < -0.39 is 33.5 Å². The summed E-state index contributed by atoms with van der Waals surface area (Å²) < 4.78 is 55.9. The van der Waals surface area contributed by atoms with Crippen LogP contribution in [0.4, 0.5) is 8.78 Å². The third-order valence-corrected chi connectivity index (χ3v) is 3.90. The minimum atomic E-state index is -3.92. The van der Waals surface area contributed by atoms with Crippen molar-refractivity contribution in [3.8, 4) is 0 Å². The van der Waals surface area contributed by atoms with Crippen molar-refractivity contribution < 1.29 is 26.5 Å². The Morgan fingerprint density at radius 2 is 2.13 bits per heavy atom. The number of benzene rings is 1. The van der Waals surface area contributed by atoms with Gasteiger partial charge in [-0.1, -0.05) is 6.07 Å². The fraction of sp³-hybridized carbons (Fsp3) is 0.385. The summed E-state index contributed by atoms with van der Waals surface area (Å²) in [6, 6.07) is 2.58. The lowest BCUT2D eigenvalue weighted by atomic mass is 9.88. The summed E-state index contributed by atoms with van der Waals surface area (Å²) in [5, 5.41) is 14.7. The van der Waals surface area contributed by atoms with Crippen molar-refractivity contribution in [3.05, 3.63) is 48.1 Å². The highest BCUT2D eigenvalue weighted by Gasteiger charge is 2.41. The van der Waals surface area contributed by atoms with E-state index in [1.165, 1.54) is 24.3 Å². The largest absolute Gasteiger partial charge is 0.380 e. The lowest BCUT2D eigenvalue weighted by molar-refractivity contribution is -0.0734. The standard InChI is InChI=1S/C13H15F2N3O4S/c1-9(22-23(2,20)21)13(19,6-18-8-16-7-17-18)11-4-3-10(14)5-12(11)15/h3-5,7-9,19H,6H2,1-2H3. The van der Waals surface area contributed by atoms with Gasteiger partial charge in [-0.15, -0.1) is 0 Å². The van der Waals surface area contributed by atoms with Gasteiger partial charge in [-0.2, -0.15) is 13.5 Å². The van der Waals surface area contributed by atoms with Crippen molar-refractivity contribution in [1.29, 1.82) is 0 Å². The minimum Gasteiger partial charge on any atom is -0.380 e. The summed E-state index contributed by atoms with van der Waals surface area (Å²) in [6.45, 7) is 0.924. The van der Waals surface area contributed by atoms with E-state index in [2.05, 4.69) is 10.1 Å². The molecule has 0 saturated carbocycles. The maximum atomic E-state index is 14.1. The van der Waals surface area contributed by atoms with Crippen LogP contribution in [0, 0.1) is 11.6 Å². The zero-order valence-electron chi connectivity index (χ0n) is 12.3. The van der Waals surface area contributed by atoms with Crippen LogP contribution in [0.1, 0.15) is 12.5 Å². The Labute approximate surface area is 131 Å². The first-order valence-corrected chi connectivity index (χ1v) is 8.32. The predicted octanol–water partition coefficient (Wildman–Crippen LogP) is 0.809. The van der Waals surface area contributed by atoms with E-state index in [-0.39, 0.29) is 12.1 Å². The highest BCUT2D eigenvalue weighted by atomic mass is 32.2. The van der Waals surface area contributed by atoms with E-state index in [1.807, 2.05) is 0 Å². The maximum Gasteiger partial charge on any atom is 0.264 e. The normalized spacial score (nSPS) is 16.0. The molecule has 1 aromatic heterocycles. The average Bonchev–Trinajstić information content (AvgIpc) is 2.88. The van der Waals surface area contributed by atoms with Gasteiger partial charge in [-0.3, -0.25) is 4.18 Å². The number of aliphatic hydroxyl groups is 1. The number of hydrogen-bond acceptors (Lipinski definition) is 6. The van der Waals surface area contributed by atoms with E-state index in [4.69, 9.17) is 4.18 Å². The van der Waals surface area contributed by atoms with Gasteiger partial charge in [0, 0.05) is 11.6 Å². The molecule has 0 amide bonds. The lowest BCUT2D eigenvalue weighted by Gasteiger charge is -2.33. The SMILES string of the molecule is CC(OS(C)(=O)=O)C(O)(Cn1cncn1)c1ccc(F)cc1F. The van der Waals surface area contributed by atoms with Crippen LogP contribution >= 0.6 is 0 Å². The number of nitrogens with zero attached hydrogens (tertiary/aromatic N) is 3. The van der Waals surface area contributed by atoms with Crippen molar-refractivity contribution in [2.24, 2.45) is 0 Å². The van der Waals surface area contributed by atoms with E-state index in [1.54, 1.807) is 0 Å². The second-order valence-corrected chi connectivity index (χ2v) is 6.68. The van der Waals surface area contributed by atoms with Crippen LogP contribution < -0.4 is 0 Å². The van der Waals surface area contributed by atoms with Crippen molar-refractivity contribution >= 4 is 10.1 Å². The summed E-state index contributed by atoms with van der Waals surface area (Å²) in [7, 11) is -3.92. The third-order valence-electron chi connectivity index (χ3n) is 3.26. The molecule has 7 nitrogen and oxygen atoms in total. The Kier molecular flexibility index (Phi) is 4.78. The van der Waals surface area contributed by atoms with Crippen LogP contribution in [0.2, 0.25) is 0 Å². The van der Waals surface area contributed by atoms with E-state index >= 15 is 0 Å². The molecule has 1 heterocycles. The van der Waals surface area contributed by atoms with E-state index in [0.717, 1.165) is 18.4 Å². The molecule has 0 bridgehead atoms. The fourth-order valence-corrected chi connectivity index (χ4v) is 2.86. The van der Waals surface area contributed by atoms with Crippen LogP contribution in [0.3, 0.4) is 0 Å². The number of hydrogen-bond donors (Lipinski definition) is 1. The Balaban J connectivity index is 2.49. The topological polar surface area (TPSA) is 94.3 Å². The summed E-state index contributed by atoms with van der Waals surface area (Å²) in [5.41, 5.74) is -2.43. The Morgan fingerprint density at radius 3 is 2.65 bits per heavy atom. The molecule has 1 N–H and O–H groups in total. The molecule has 2 atom stereocenters. The molecule has 126 valence electrons. The molecule has 2 unspecified atom stereocenters. The molecule has 2 rings (SSSR count). The molecule has 0 aliphatic carbocycles. The van der Waals surface area contributed by atoms with Crippen LogP contribution in [0.25, 0.3) is 0 Å². The van der Waals surface area contributed by atoms with Gasteiger partial charge >= 0.3 is 0 Å². The van der Waals surface area contributed by atoms with Crippen molar-refractivity contribution in [2.75, 3.05) is 6.26 Å². The predicted molar refractivity (Wildman–Crippen MR) is 75.7 cm³/mol. The first kappa shape index (κ1) is 17.4. The van der Waals surface area contributed by atoms with Gasteiger partial charge < -0.3 is 5.11 Å². The second-order valence-electron chi connectivity index (χ2n) is 5.08. The first-order chi connectivity index (χ1) is 10.6. The first-order valence-electron chi connectivity index (χ1n) is 6.50. The quantitative estimate of drug-likeness (QED) is 0.777. The van der Waals surface area contributed by atoms with Gasteiger partial charge in [0.05, 0.1) is 12.8 Å². The number of rotatable bonds is 6. The Hall–Kier alpha value is -1.91. The molecule has 10 heteroatoms. The smallest absolute Gasteiger partial charge is 0.264 e. The summed E-state index contributed by atoms with van der Waals surface area (Å²) in [6.07, 6.45) is 1.91.